The summed E-state index contributed by atoms with van der Waals surface area (Å²) in [5.74, 6) is 0.339. The molecule has 0 unspecified atom stereocenters. The number of sulfone groups is 1. The van der Waals surface area contributed by atoms with Crippen molar-refractivity contribution in [1.29, 1.82) is 0 Å². The largest absolute Gasteiger partial charge is 0.497 e. The zero-order valence-corrected chi connectivity index (χ0v) is 11.8. The van der Waals surface area contributed by atoms with Gasteiger partial charge in [0.15, 0.2) is 0 Å². The van der Waals surface area contributed by atoms with Crippen molar-refractivity contribution in [3.05, 3.63) is 18.2 Å². The summed E-state index contributed by atoms with van der Waals surface area (Å²) in [4.78, 5) is 11.6. The summed E-state index contributed by atoms with van der Waals surface area (Å²) < 4.78 is 26.9. The summed E-state index contributed by atoms with van der Waals surface area (Å²) in [5, 5.41) is 2.63. The van der Waals surface area contributed by atoms with E-state index < -0.39 is 9.84 Å². The zero-order valence-electron chi connectivity index (χ0n) is 11.0. The molecule has 0 atom stereocenters. The Bertz CT molecular complexity index is 555. The lowest BCUT2D eigenvalue weighted by atomic mass is 10.2. The fraction of sp³-hybridized carbons (Fsp3) is 0.417. The van der Waals surface area contributed by atoms with Gasteiger partial charge in [-0.3, -0.25) is 4.79 Å². The Hall–Kier alpha value is -1.76. The van der Waals surface area contributed by atoms with Crippen LogP contribution in [0.15, 0.2) is 18.2 Å². The highest BCUT2D eigenvalue weighted by Crippen LogP contribution is 2.24. The Morgan fingerprint density at radius 2 is 2.11 bits per heavy atom. The number of carbonyl (C=O) groups is 1. The first-order chi connectivity index (χ1) is 8.81. The molecule has 0 aliphatic rings. The van der Waals surface area contributed by atoms with Gasteiger partial charge < -0.3 is 15.8 Å². The molecule has 0 aromatic heterocycles. The molecule has 0 heterocycles. The number of anilines is 2. The van der Waals surface area contributed by atoms with Gasteiger partial charge in [0.2, 0.25) is 5.91 Å². The third-order valence-corrected chi connectivity index (χ3v) is 3.48. The molecule has 0 saturated heterocycles. The summed E-state index contributed by atoms with van der Waals surface area (Å²) in [6, 6.07) is 4.93. The number of methoxy groups -OCH3 is 1. The maximum absolute atomic E-state index is 11.6. The van der Waals surface area contributed by atoms with E-state index in [4.69, 9.17) is 10.5 Å². The van der Waals surface area contributed by atoms with Gasteiger partial charge in [-0.2, -0.15) is 0 Å². The minimum absolute atomic E-state index is 0.00147. The molecule has 106 valence electrons. The van der Waals surface area contributed by atoms with Crippen molar-refractivity contribution >= 4 is 27.1 Å². The van der Waals surface area contributed by atoms with Gasteiger partial charge >= 0.3 is 0 Å². The highest BCUT2D eigenvalue weighted by molar-refractivity contribution is 7.90. The van der Waals surface area contributed by atoms with Gasteiger partial charge in [0, 0.05) is 18.7 Å². The second-order valence-corrected chi connectivity index (χ2v) is 6.49. The number of nitrogens with one attached hydrogen (secondary N) is 1. The van der Waals surface area contributed by atoms with E-state index in [9.17, 15) is 13.2 Å². The van der Waals surface area contributed by atoms with E-state index in [0.29, 0.717) is 23.5 Å². The van der Waals surface area contributed by atoms with Gasteiger partial charge in [-0.15, -0.1) is 0 Å². The molecule has 19 heavy (non-hydrogen) atoms. The Morgan fingerprint density at radius 3 is 2.63 bits per heavy atom. The average Bonchev–Trinajstić information content (AvgIpc) is 2.30. The highest BCUT2D eigenvalue weighted by Gasteiger charge is 2.08. The van der Waals surface area contributed by atoms with E-state index in [-0.39, 0.29) is 18.1 Å². The van der Waals surface area contributed by atoms with Gasteiger partial charge in [0.1, 0.15) is 15.6 Å². The van der Waals surface area contributed by atoms with Gasteiger partial charge in [0.25, 0.3) is 0 Å². The van der Waals surface area contributed by atoms with E-state index in [1.165, 1.54) is 7.11 Å². The quantitative estimate of drug-likeness (QED) is 0.761. The van der Waals surface area contributed by atoms with Crippen LogP contribution in [0.25, 0.3) is 0 Å². The number of benzene rings is 1. The van der Waals surface area contributed by atoms with Crippen molar-refractivity contribution < 1.29 is 17.9 Å². The molecular weight excluding hydrogens is 268 g/mol. The molecule has 0 bridgehead atoms. The van der Waals surface area contributed by atoms with Gasteiger partial charge in [0.05, 0.1) is 24.2 Å². The van der Waals surface area contributed by atoms with Crippen molar-refractivity contribution in [2.24, 2.45) is 0 Å². The minimum atomic E-state index is -3.03. The summed E-state index contributed by atoms with van der Waals surface area (Å²) in [7, 11) is -1.51. The topological polar surface area (TPSA) is 98.5 Å². The third kappa shape index (κ3) is 5.60. The molecule has 1 aromatic carbocycles. The third-order valence-electron chi connectivity index (χ3n) is 2.45. The van der Waals surface area contributed by atoms with Crippen LogP contribution < -0.4 is 15.8 Å². The van der Waals surface area contributed by atoms with E-state index in [0.717, 1.165) is 6.26 Å². The maximum Gasteiger partial charge on any atom is 0.224 e. The van der Waals surface area contributed by atoms with Crippen LogP contribution in [0, 0.1) is 0 Å². The van der Waals surface area contributed by atoms with Crippen LogP contribution in [-0.4, -0.2) is 33.4 Å². The van der Waals surface area contributed by atoms with Crippen molar-refractivity contribution in [2.75, 3.05) is 30.2 Å². The fourth-order valence-corrected chi connectivity index (χ4v) is 2.16. The maximum atomic E-state index is 11.6. The van der Waals surface area contributed by atoms with Crippen molar-refractivity contribution in [3.63, 3.8) is 0 Å². The summed E-state index contributed by atoms with van der Waals surface area (Å²) >= 11 is 0. The molecule has 0 fully saturated rings. The number of amides is 1. The zero-order chi connectivity index (χ0) is 14.5. The first kappa shape index (κ1) is 15.3. The number of nitrogens with two attached hydrogens (primary N) is 1. The van der Waals surface area contributed by atoms with Crippen LogP contribution in [0.2, 0.25) is 0 Å². The van der Waals surface area contributed by atoms with E-state index in [1.54, 1.807) is 18.2 Å². The molecule has 0 radical (unpaired) electrons. The molecule has 3 N–H and O–H groups in total. The van der Waals surface area contributed by atoms with Crippen LogP contribution in [0.5, 0.6) is 5.75 Å². The lowest BCUT2D eigenvalue weighted by Crippen LogP contribution is -2.14. The first-order valence-corrected chi connectivity index (χ1v) is 7.79. The number of rotatable bonds is 6. The van der Waals surface area contributed by atoms with Crippen molar-refractivity contribution in [3.8, 4) is 5.75 Å². The molecule has 1 amide bonds. The molecule has 0 saturated carbocycles. The van der Waals surface area contributed by atoms with Gasteiger partial charge in [-0.25, -0.2) is 8.42 Å². The molecule has 6 nitrogen and oxygen atoms in total. The van der Waals surface area contributed by atoms with Crippen molar-refractivity contribution in [1.82, 2.24) is 0 Å². The fourth-order valence-electron chi connectivity index (χ4n) is 1.49. The van der Waals surface area contributed by atoms with Crippen LogP contribution >= 0.6 is 0 Å². The molecule has 1 rings (SSSR count). The first-order valence-electron chi connectivity index (χ1n) is 5.73. The number of hydrogen-bond acceptors (Lipinski definition) is 5. The van der Waals surface area contributed by atoms with Crippen LogP contribution in [0.3, 0.4) is 0 Å². The second kappa shape index (κ2) is 6.42. The Balaban J connectivity index is 2.53. The standard InChI is InChI=1S/C12H18N2O4S/c1-18-9-5-6-11(10(13)8-9)14-12(15)4-3-7-19(2,16)17/h5-6,8H,3-4,7,13H2,1-2H3,(H,14,15). The monoisotopic (exact) mass is 286 g/mol. The number of hydrogen-bond donors (Lipinski definition) is 2. The lowest BCUT2D eigenvalue weighted by molar-refractivity contribution is -0.116. The van der Waals surface area contributed by atoms with Crippen LogP contribution in [-0.2, 0) is 14.6 Å². The van der Waals surface area contributed by atoms with E-state index >= 15 is 0 Å². The average molecular weight is 286 g/mol. The van der Waals surface area contributed by atoms with Crippen molar-refractivity contribution in [2.45, 2.75) is 12.8 Å². The Labute approximate surface area is 112 Å². The summed E-state index contributed by atoms with van der Waals surface area (Å²) in [6.45, 7) is 0. The predicted octanol–water partition coefficient (Wildman–Crippen LogP) is 1.04. The second-order valence-electron chi connectivity index (χ2n) is 4.23. The molecular formula is C12H18N2O4S. The van der Waals surface area contributed by atoms with Crippen LogP contribution in [0.1, 0.15) is 12.8 Å². The van der Waals surface area contributed by atoms with E-state index in [2.05, 4.69) is 5.32 Å². The lowest BCUT2D eigenvalue weighted by Gasteiger charge is -2.09. The number of ether oxygens (including phenoxy) is 1. The molecule has 0 aliphatic carbocycles. The van der Waals surface area contributed by atoms with Gasteiger partial charge in [-0.05, 0) is 18.6 Å². The normalized spacial score (nSPS) is 11.1. The summed E-state index contributed by atoms with van der Waals surface area (Å²) in [6.07, 6.45) is 1.58. The highest BCUT2D eigenvalue weighted by atomic mass is 32.2. The molecule has 7 heteroatoms. The Morgan fingerprint density at radius 1 is 1.42 bits per heavy atom. The predicted molar refractivity (Wildman–Crippen MR) is 75.0 cm³/mol. The summed E-state index contributed by atoms with van der Waals surface area (Å²) in [5.41, 5.74) is 6.64. The SMILES string of the molecule is COc1ccc(NC(=O)CCCS(C)(=O)=O)c(N)c1. The molecule has 0 aliphatic heterocycles. The molecule has 0 spiro atoms. The number of carbonyl (C=O) groups excluding carboxylic acids is 1. The smallest absolute Gasteiger partial charge is 0.224 e. The van der Waals surface area contributed by atoms with Gasteiger partial charge in [-0.1, -0.05) is 0 Å². The minimum Gasteiger partial charge on any atom is -0.497 e. The van der Waals surface area contributed by atoms with Crippen LogP contribution in [0.4, 0.5) is 11.4 Å². The Kier molecular flexibility index (Phi) is 5.17. The van der Waals surface area contributed by atoms with E-state index in [1.807, 2.05) is 0 Å². The number of nitrogen functional groups attached to an aromatic ring is 1. The molecule has 1 aromatic rings.